The fourth-order valence-corrected chi connectivity index (χ4v) is 5.44. The van der Waals surface area contributed by atoms with Gasteiger partial charge in [-0.25, -0.2) is 8.42 Å². The van der Waals surface area contributed by atoms with Gasteiger partial charge in [-0.15, -0.1) is 0 Å². The number of anilines is 1. The molecule has 2 saturated carbocycles. The van der Waals surface area contributed by atoms with Crippen LogP contribution in [0.3, 0.4) is 0 Å². The normalized spacial score (nSPS) is 25.2. The molecule has 2 aliphatic carbocycles. The van der Waals surface area contributed by atoms with E-state index in [0.29, 0.717) is 11.8 Å². The number of carbonyl (C=O) groups excluding carboxylic acids is 1. The number of nitrogens with zero attached hydrogens (tertiary/aromatic N) is 1. The number of rotatable bonds is 5. The number of hydrogen-bond acceptors (Lipinski definition) is 3. The maximum Gasteiger partial charge on any atom is 0.241 e. The van der Waals surface area contributed by atoms with Crippen LogP contribution in [0.1, 0.15) is 25.7 Å². The summed E-state index contributed by atoms with van der Waals surface area (Å²) in [4.78, 5) is 12.4. The molecule has 1 N–H and O–H groups in total. The molecule has 3 rings (SSSR count). The first-order valence-electron chi connectivity index (χ1n) is 8.06. The predicted molar refractivity (Wildman–Crippen MR) is 101 cm³/mol. The van der Waals surface area contributed by atoms with Crippen molar-refractivity contribution in [3.63, 3.8) is 0 Å². The molecule has 0 heterocycles. The maximum absolute atomic E-state index is 12.4. The van der Waals surface area contributed by atoms with Crippen molar-refractivity contribution in [3.05, 3.63) is 27.2 Å². The van der Waals surface area contributed by atoms with E-state index < -0.39 is 10.0 Å². The summed E-state index contributed by atoms with van der Waals surface area (Å²) >= 11 is 18.0. The van der Waals surface area contributed by atoms with E-state index in [1.165, 1.54) is 18.6 Å². The van der Waals surface area contributed by atoms with Crippen molar-refractivity contribution in [2.75, 3.05) is 17.1 Å². The van der Waals surface area contributed by atoms with Crippen molar-refractivity contribution in [3.8, 4) is 0 Å². The van der Waals surface area contributed by atoms with E-state index in [1.807, 2.05) is 0 Å². The first-order valence-corrected chi connectivity index (χ1v) is 11.0. The Labute approximate surface area is 162 Å². The molecule has 0 saturated heterocycles. The molecule has 1 aromatic rings. The fourth-order valence-electron chi connectivity index (χ4n) is 3.89. The molecule has 5 nitrogen and oxygen atoms in total. The van der Waals surface area contributed by atoms with Gasteiger partial charge >= 0.3 is 0 Å². The van der Waals surface area contributed by atoms with Gasteiger partial charge in [-0.2, -0.15) is 0 Å². The van der Waals surface area contributed by atoms with E-state index in [0.717, 1.165) is 29.8 Å². The summed E-state index contributed by atoms with van der Waals surface area (Å²) in [5.41, 5.74) is 0.140. The van der Waals surface area contributed by atoms with E-state index in [9.17, 15) is 13.2 Å². The zero-order valence-corrected chi connectivity index (χ0v) is 16.7. The van der Waals surface area contributed by atoms with Gasteiger partial charge in [-0.1, -0.05) is 41.2 Å². The average Bonchev–Trinajstić information content (AvgIpc) is 3.10. The topological polar surface area (TPSA) is 66.5 Å². The number of nitrogens with one attached hydrogen (secondary N) is 1. The van der Waals surface area contributed by atoms with Crippen molar-refractivity contribution in [2.24, 2.45) is 11.8 Å². The molecule has 2 aliphatic rings. The predicted octanol–water partition coefficient (Wildman–Crippen LogP) is 3.72. The highest BCUT2D eigenvalue weighted by molar-refractivity contribution is 7.92. The third-order valence-corrected chi connectivity index (χ3v) is 7.18. The van der Waals surface area contributed by atoms with E-state index in [-0.39, 0.29) is 39.2 Å². The second-order valence-corrected chi connectivity index (χ2v) is 9.96. The van der Waals surface area contributed by atoms with Gasteiger partial charge in [-0.05, 0) is 43.2 Å². The van der Waals surface area contributed by atoms with Crippen LogP contribution < -0.4 is 9.62 Å². The Bertz CT molecular complexity index is 800. The Hall–Kier alpha value is -0.690. The van der Waals surface area contributed by atoms with Crippen LogP contribution in [0.5, 0.6) is 0 Å². The number of amides is 1. The molecule has 138 valence electrons. The van der Waals surface area contributed by atoms with E-state index in [4.69, 9.17) is 34.8 Å². The summed E-state index contributed by atoms with van der Waals surface area (Å²) in [6.45, 7) is -0.343. The maximum atomic E-state index is 12.4. The monoisotopic (exact) mass is 424 g/mol. The summed E-state index contributed by atoms with van der Waals surface area (Å²) < 4.78 is 25.3. The molecule has 0 aromatic heterocycles. The minimum absolute atomic E-state index is 0.118. The van der Waals surface area contributed by atoms with Crippen molar-refractivity contribution in [1.82, 2.24) is 5.32 Å². The molecular formula is C16H19Cl3N2O3S. The van der Waals surface area contributed by atoms with Crippen LogP contribution in [0.15, 0.2) is 12.1 Å². The fraction of sp³-hybridized carbons (Fsp3) is 0.562. The Morgan fingerprint density at radius 1 is 1.16 bits per heavy atom. The zero-order chi connectivity index (χ0) is 18.4. The van der Waals surface area contributed by atoms with Gasteiger partial charge < -0.3 is 5.32 Å². The van der Waals surface area contributed by atoms with Crippen LogP contribution in [0, 0.1) is 11.8 Å². The highest BCUT2D eigenvalue weighted by Crippen LogP contribution is 2.44. The number of carbonyl (C=O) groups is 1. The molecule has 2 bridgehead atoms. The van der Waals surface area contributed by atoms with Gasteiger partial charge in [0.15, 0.2) is 0 Å². The van der Waals surface area contributed by atoms with Gasteiger partial charge in [0.2, 0.25) is 15.9 Å². The van der Waals surface area contributed by atoms with E-state index in [2.05, 4.69) is 5.32 Å². The standard InChI is InChI=1S/C16H19Cl3N2O3S/c1-25(23,24)21(15-7-12(18)11(17)6-13(15)19)8-16(22)20-14-5-9-2-3-10(14)4-9/h6-7,9-10,14H,2-5,8H2,1H3,(H,20,22)/t9-,10-,14+/m1/s1. The van der Waals surface area contributed by atoms with Crippen molar-refractivity contribution in [2.45, 2.75) is 31.7 Å². The van der Waals surface area contributed by atoms with Crippen LogP contribution in [0.25, 0.3) is 0 Å². The number of halogens is 3. The van der Waals surface area contributed by atoms with Crippen LogP contribution in [-0.4, -0.2) is 33.2 Å². The minimum atomic E-state index is -3.72. The average molecular weight is 426 g/mol. The zero-order valence-electron chi connectivity index (χ0n) is 13.6. The largest absolute Gasteiger partial charge is 0.352 e. The molecule has 0 radical (unpaired) electrons. The SMILES string of the molecule is CS(=O)(=O)N(CC(=O)N[C@H]1C[C@@H]2CC[C@@H]1C2)c1cc(Cl)c(Cl)cc1Cl. The lowest BCUT2D eigenvalue weighted by molar-refractivity contribution is -0.120. The molecule has 0 unspecified atom stereocenters. The van der Waals surface area contributed by atoms with Crippen LogP contribution in [-0.2, 0) is 14.8 Å². The number of sulfonamides is 1. The molecule has 0 aliphatic heterocycles. The van der Waals surface area contributed by atoms with E-state index in [1.54, 1.807) is 0 Å². The summed E-state index contributed by atoms with van der Waals surface area (Å²) in [5.74, 6) is 0.852. The highest BCUT2D eigenvalue weighted by Gasteiger charge is 2.40. The van der Waals surface area contributed by atoms with Crippen molar-refractivity contribution < 1.29 is 13.2 Å². The quantitative estimate of drug-likeness (QED) is 0.731. The van der Waals surface area contributed by atoms with Gasteiger partial charge in [0, 0.05) is 6.04 Å². The molecule has 25 heavy (non-hydrogen) atoms. The molecule has 2 fully saturated rings. The molecule has 3 atom stereocenters. The van der Waals surface area contributed by atoms with Gasteiger partial charge in [0.1, 0.15) is 6.54 Å². The summed E-state index contributed by atoms with van der Waals surface area (Å²) in [6, 6.07) is 2.86. The van der Waals surface area contributed by atoms with Gasteiger partial charge in [0.25, 0.3) is 0 Å². The minimum Gasteiger partial charge on any atom is -0.352 e. The molecule has 1 aromatic carbocycles. The second-order valence-electron chi connectivity index (χ2n) is 6.84. The number of fused-ring (bicyclic) bond motifs is 2. The number of hydrogen-bond donors (Lipinski definition) is 1. The molecular weight excluding hydrogens is 407 g/mol. The Morgan fingerprint density at radius 3 is 2.40 bits per heavy atom. The first kappa shape index (κ1) is 19.1. The van der Waals surface area contributed by atoms with E-state index >= 15 is 0 Å². The lowest BCUT2D eigenvalue weighted by atomic mass is 9.95. The first-order chi connectivity index (χ1) is 11.6. The molecule has 1 amide bonds. The van der Waals surface area contributed by atoms with Crippen LogP contribution in [0.4, 0.5) is 5.69 Å². The Balaban J connectivity index is 1.78. The van der Waals surface area contributed by atoms with Crippen molar-refractivity contribution in [1.29, 1.82) is 0 Å². The van der Waals surface area contributed by atoms with Gasteiger partial charge in [0.05, 0.1) is 27.0 Å². The molecule has 9 heteroatoms. The second kappa shape index (κ2) is 7.14. The van der Waals surface area contributed by atoms with Crippen molar-refractivity contribution >= 4 is 56.4 Å². The van der Waals surface area contributed by atoms with Gasteiger partial charge in [-0.3, -0.25) is 9.10 Å². The smallest absolute Gasteiger partial charge is 0.241 e. The summed E-state index contributed by atoms with van der Waals surface area (Å²) in [6.07, 6.45) is 5.51. The highest BCUT2D eigenvalue weighted by atomic mass is 35.5. The number of benzene rings is 1. The van der Waals surface area contributed by atoms with Crippen LogP contribution in [0.2, 0.25) is 15.1 Å². The Morgan fingerprint density at radius 2 is 1.84 bits per heavy atom. The van der Waals surface area contributed by atoms with Crippen LogP contribution >= 0.6 is 34.8 Å². The lowest BCUT2D eigenvalue weighted by Crippen LogP contribution is -2.45. The summed E-state index contributed by atoms with van der Waals surface area (Å²) in [5, 5.41) is 3.49. The third kappa shape index (κ3) is 4.18. The third-order valence-electron chi connectivity index (χ3n) is 5.03. The lowest BCUT2D eigenvalue weighted by Gasteiger charge is -2.27. The summed E-state index contributed by atoms with van der Waals surface area (Å²) in [7, 11) is -3.72. The Kier molecular flexibility index (Phi) is 5.45. The molecule has 0 spiro atoms.